The van der Waals surface area contributed by atoms with Crippen LogP contribution in [0, 0.1) is 5.92 Å². The van der Waals surface area contributed by atoms with E-state index < -0.39 is 0 Å². The molecule has 2 aliphatic rings. The van der Waals surface area contributed by atoms with Crippen LogP contribution in [0.2, 0.25) is 5.02 Å². The van der Waals surface area contributed by atoms with E-state index in [9.17, 15) is 14.4 Å². The quantitative estimate of drug-likeness (QED) is 0.622. The number of hydrogen-bond acceptors (Lipinski definition) is 5. The lowest BCUT2D eigenvalue weighted by Gasteiger charge is -2.31. The molecule has 4 rings (SSSR count). The molecule has 2 amide bonds. The van der Waals surface area contributed by atoms with Crippen LogP contribution in [0.4, 0.5) is 5.00 Å². The summed E-state index contributed by atoms with van der Waals surface area (Å²) in [6.07, 6.45) is 5.06. The van der Waals surface area contributed by atoms with Crippen LogP contribution in [-0.4, -0.2) is 42.4 Å². The Balaban J connectivity index is 1.42. The Morgan fingerprint density at radius 1 is 1.16 bits per heavy atom. The van der Waals surface area contributed by atoms with Gasteiger partial charge in [0.2, 0.25) is 5.91 Å². The highest BCUT2D eigenvalue weighted by Gasteiger charge is 2.31. The van der Waals surface area contributed by atoms with E-state index in [-0.39, 0.29) is 23.7 Å². The molecule has 1 aliphatic carbocycles. The number of carbonyl (C=O) groups excluding carboxylic acids is 3. The molecule has 0 radical (unpaired) electrons. The molecule has 2 aromatic rings. The number of thiophene rings is 1. The summed E-state index contributed by atoms with van der Waals surface area (Å²) in [5.41, 5.74) is 2.06. The van der Waals surface area contributed by atoms with Gasteiger partial charge in [-0.15, -0.1) is 11.3 Å². The fourth-order valence-corrected chi connectivity index (χ4v) is 5.93. The molecule has 1 N–H and O–H groups in total. The third-order valence-electron chi connectivity index (χ3n) is 6.14. The van der Waals surface area contributed by atoms with Crippen molar-refractivity contribution in [1.82, 2.24) is 4.90 Å². The summed E-state index contributed by atoms with van der Waals surface area (Å²) in [7, 11) is 0. The molecule has 0 saturated carbocycles. The average Bonchev–Trinajstić information content (AvgIpc) is 3.17. The topological polar surface area (TPSA) is 75.7 Å². The average molecular weight is 475 g/mol. The van der Waals surface area contributed by atoms with Gasteiger partial charge in [0.15, 0.2) is 0 Å². The summed E-state index contributed by atoms with van der Waals surface area (Å²) >= 11 is 7.67. The lowest BCUT2D eigenvalue weighted by Crippen LogP contribution is -2.41. The number of likely N-dealkylation sites (tertiary alicyclic amines) is 1. The summed E-state index contributed by atoms with van der Waals surface area (Å²) in [6.45, 7) is 3.07. The van der Waals surface area contributed by atoms with Crippen molar-refractivity contribution < 1.29 is 19.1 Å². The number of amides is 2. The summed E-state index contributed by atoms with van der Waals surface area (Å²) in [6, 6.07) is 7.01. The zero-order chi connectivity index (χ0) is 22.7. The van der Waals surface area contributed by atoms with Crippen molar-refractivity contribution >= 4 is 45.7 Å². The molecular weight excluding hydrogens is 448 g/mol. The summed E-state index contributed by atoms with van der Waals surface area (Å²) < 4.78 is 5.27. The van der Waals surface area contributed by atoms with Gasteiger partial charge in [-0.2, -0.15) is 0 Å². The Morgan fingerprint density at radius 2 is 1.88 bits per heavy atom. The van der Waals surface area contributed by atoms with E-state index in [0.717, 1.165) is 31.2 Å². The second kappa shape index (κ2) is 10.0. The van der Waals surface area contributed by atoms with Crippen molar-refractivity contribution in [3.63, 3.8) is 0 Å². The molecule has 1 fully saturated rings. The summed E-state index contributed by atoms with van der Waals surface area (Å²) in [5, 5.41) is 4.06. The van der Waals surface area contributed by atoms with E-state index >= 15 is 0 Å². The van der Waals surface area contributed by atoms with E-state index in [1.165, 1.54) is 16.2 Å². The van der Waals surface area contributed by atoms with Crippen molar-refractivity contribution in [3.05, 3.63) is 50.9 Å². The molecule has 0 unspecified atom stereocenters. The number of ether oxygens (including phenoxy) is 1. The monoisotopic (exact) mass is 474 g/mol. The van der Waals surface area contributed by atoms with Crippen LogP contribution in [0.25, 0.3) is 0 Å². The summed E-state index contributed by atoms with van der Waals surface area (Å²) in [4.78, 5) is 41.3. The van der Waals surface area contributed by atoms with Gasteiger partial charge in [-0.1, -0.05) is 23.7 Å². The molecule has 8 heteroatoms. The fourth-order valence-electron chi connectivity index (χ4n) is 4.44. The van der Waals surface area contributed by atoms with Gasteiger partial charge < -0.3 is 15.0 Å². The molecule has 0 spiro atoms. The van der Waals surface area contributed by atoms with Crippen molar-refractivity contribution in [2.24, 2.45) is 5.92 Å². The number of nitrogens with zero attached hydrogens (tertiary/aromatic N) is 1. The minimum absolute atomic E-state index is 0.0982. The maximum absolute atomic E-state index is 13.0. The number of rotatable bonds is 5. The molecule has 0 bridgehead atoms. The highest BCUT2D eigenvalue weighted by molar-refractivity contribution is 7.17. The molecule has 1 aromatic heterocycles. The Labute approximate surface area is 196 Å². The normalized spacial score (nSPS) is 16.4. The predicted molar refractivity (Wildman–Crippen MR) is 126 cm³/mol. The lowest BCUT2D eigenvalue weighted by atomic mass is 9.94. The Bertz CT molecular complexity index is 1030. The first-order valence-electron chi connectivity index (χ1n) is 11.2. The van der Waals surface area contributed by atoms with Crippen LogP contribution in [0.3, 0.4) is 0 Å². The van der Waals surface area contributed by atoms with Crippen LogP contribution in [0.5, 0.6) is 0 Å². The third-order valence-corrected chi connectivity index (χ3v) is 7.68. The largest absolute Gasteiger partial charge is 0.462 e. The van der Waals surface area contributed by atoms with Gasteiger partial charge >= 0.3 is 5.97 Å². The van der Waals surface area contributed by atoms with E-state index in [2.05, 4.69) is 5.32 Å². The minimum atomic E-state index is -0.359. The van der Waals surface area contributed by atoms with Gasteiger partial charge in [0.25, 0.3) is 5.91 Å². The minimum Gasteiger partial charge on any atom is -0.462 e. The first-order valence-corrected chi connectivity index (χ1v) is 12.3. The number of benzene rings is 1. The second-order valence-corrected chi connectivity index (χ2v) is 9.68. The molecule has 0 atom stereocenters. The van der Waals surface area contributed by atoms with Crippen LogP contribution in [-0.2, 0) is 22.4 Å². The maximum Gasteiger partial charge on any atom is 0.341 e. The van der Waals surface area contributed by atoms with Crippen molar-refractivity contribution in [2.75, 3.05) is 25.0 Å². The smallest absolute Gasteiger partial charge is 0.341 e. The van der Waals surface area contributed by atoms with Gasteiger partial charge in [-0.3, -0.25) is 9.59 Å². The molecular formula is C24H27ClN2O4S. The molecule has 1 aliphatic heterocycles. The van der Waals surface area contributed by atoms with Crippen molar-refractivity contribution in [1.29, 1.82) is 0 Å². The Hall–Kier alpha value is -2.38. The lowest BCUT2D eigenvalue weighted by molar-refractivity contribution is -0.121. The van der Waals surface area contributed by atoms with Crippen LogP contribution >= 0.6 is 22.9 Å². The fraction of sp³-hybridized carbons (Fsp3) is 0.458. The number of hydrogen-bond donors (Lipinski definition) is 1. The zero-order valence-electron chi connectivity index (χ0n) is 18.1. The third kappa shape index (κ3) is 4.69. The number of piperidine rings is 1. The SMILES string of the molecule is CCOC(=O)c1c(NC(=O)C2CCN(C(=O)c3ccccc3Cl)CC2)sc2c1CCCC2. The van der Waals surface area contributed by atoms with E-state index in [1.807, 2.05) is 0 Å². The van der Waals surface area contributed by atoms with Gasteiger partial charge in [0.05, 0.1) is 22.8 Å². The highest BCUT2D eigenvalue weighted by atomic mass is 35.5. The molecule has 1 saturated heterocycles. The number of esters is 1. The Kier molecular flexibility index (Phi) is 7.16. The van der Waals surface area contributed by atoms with Crippen LogP contribution in [0.15, 0.2) is 24.3 Å². The number of nitrogens with one attached hydrogen (secondary N) is 1. The van der Waals surface area contributed by atoms with Gasteiger partial charge in [-0.25, -0.2) is 4.79 Å². The maximum atomic E-state index is 13.0. The number of fused-ring (bicyclic) bond motifs is 1. The highest BCUT2D eigenvalue weighted by Crippen LogP contribution is 2.39. The van der Waals surface area contributed by atoms with Crippen molar-refractivity contribution in [2.45, 2.75) is 45.4 Å². The number of anilines is 1. The van der Waals surface area contributed by atoms with Crippen LogP contribution < -0.4 is 5.32 Å². The standard InChI is InChI=1S/C24H27ClN2O4S/c1-2-31-24(30)20-17-8-4-6-10-19(17)32-22(20)26-21(28)15-11-13-27(14-12-15)23(29)16-7-3-5-9-18(16)25/h3,5,7,9,15H,2,4,6,8,10-14H2,1H3,(H,26,28). The zero-order valence-corrected chi connectivity index (χ0v) is 19.7. The molecule has 170 valence electrons. The van der Waals surface area contributed by atoms with Gasteiger partial charge in [-0.05, 0) is 63.1 Å². The van der Waals surface area contributed by atoms with E-state index in [1.54, 1.807) is 36.1 Å². The molecule has 6 nitrogen and oxygen atoms in total. The molecule has 1 aromatic carbocycles. The van der Waals surface area contributed by atoms with Gasteiger partial charge in [0.1, 0.15) is 5.00 Å². The first-order chi connectivity index (χ1) is 15.5. The molecule has 32 heavy (non-hydrogen) atoms. The number of carbonyl (C=O) groups is 3. The van der Waals surface area contributed by atoms with E-state index in [4.69, 9.17) is 16.3 Å². The molecule has 2 heterocycles. The van der Waals surface area contributed by atoms with Crippen molar-refractivity contribution in [3.8, 4) is 0 Å². The Morgan fingerprint density at radius 3 is 2.59 bits per heavy atom. The number of aryl methyl sites for hydroxylation is 1. The first kappa shape index (κ1) is 22.8. The van der Waals surface area contributed by atoms with Gasteiger partial charge in [0, 0.05) is 23.9 Å². The predicted octanol–water partition coefficient (Wildman–Crippen LogP) is 4.95. The van der Waals surface area contributed by atoms with E-state index in [0.29, 0.717) is 53.7 Å². The number of halogens is 1. The second-order valence-electron chi connectivity index (χ2n) is 8.17. The van der Waals surface area contributed by atoms with Crippen LogP contribution in [0.1, 0.15) is 63.8 Å². The summed E-state index contributed by atoms with van der Waals surface area (Å²) in [5.74, 6) is -0.772.